The number of halogens is 3. The molecule has 0 bridgehead atoms. The van der Waals surface area contributed by atoms with Crippen molar-refractivity contribution in [3.63, 3.8) is 0 Å². The Morgan fingerprint density at radius 3 is 1.09 bits per heavy atom. The van der Waals surface area contributed by atoms with Gasteiger partial charge in [-0.15, -0.1) is 4.20 Å². The smallest absolute Gasteiger partial charge is 0.749 e. The molecule has 64 valence electrons. The molecule has 0 aromatic carbocycles. The maximum absolute atomic E-state index is 10.4. The third kappa shape index (κ3) is 1540. The van der Waals surface area contributed by atoms with E-state index < -0.39 is 15.9 Å². The molecule has 0 saturated heterocycles. The van der Waals surface area contributed by atoms with E-state index >= 15 is 0 Å². The summed E-state index contributed by atoms with van der Waals surface area (Å²) < 4.78 is 47.4. The van der Waals surface area contributed by atoms with E-state index in [1.54, 1.807) is 0 Å². The van der Waals surface area contributed by atoms with Crippen LogP contribution in [-0.4, -0.2) is 9.79 Å². The molecule has 0 unspecified atom stereocenters. The molecule has 0 aromatic rings. The van der Waals surface area contributed by atoms with Gasteiger partial charge in [0.25, 0.3) is 0 Å². The topological polar surface area (TPSA) is 97.7 Å². The maximum atomic E-state index is 10.4. The third-order valence-corrected chi connectivity index (χ3v) is 0. The summed E-state index contributed by atoms with van der Waals surface area (Å²) >= 11 is 0. The molecule has 0 fully saturated rings. The second-order valence-corrected chi connectivity index (χ2v) is 2.66. The SMILES string of the molecule is O=P(O)(O)F.O=P([O-])(F)F.[Li+]. The summed E-state index contributed by atoms with van der Waals surface area (Å²) in [7, 11) is -11.0. The van der Waals surface area contributed by atoms with Crippen LogP contribution in [0.3, 0.4) is 0 Å². The molecule has 2 N–H and O–H groups in total. The second kappa shape index (κ2) is 6.27. The Labute approximate surface area is 71.8 Å². The Morgan fingerprint density at radius 1 is 1.09 bits per heavy atom. The molecule has 0 aromatic heterocycles. The van der Waals surface area contributed by atoms with Gasteiger partial charge in [0, 0.05) is 0 Å². The molecule has 0 spiro atoms. The van der Waals surface area contributed by atoms with E-state index in [2.05, 4.69) is 0 Å². The average Bonchev–Trinajstić information content (AvgIpc) is 1.12. The van der Waals surface area contributed by atoms with Crippen molar-refractivity contribution in [1.82, 2.24) is 0 Å². The fourth-order valence-corrected chi connectivity index (χ4v) is 0. The molecule has 0 aliphatic heterocycles. The first-order valence-electron chi connectivity index (χ1n) is 1.45. The third-order valence-electron chi connectivity index (χ3n) is 0. The number of hydrogen-bond acceptors (Lipinski definition) is 3. The minimum atomic E-state index is -5.89. The fraction of sp³-hybridized carbons (Fsp3) is 0. The Hall–Kier alpha value is 0.727. The van der Waals surface area contributed by atoms with Crippen molar-refractivity contribution in [1.29, 1.82) is 0 Å². The van der Waals surface area contributed by atoms with E-state index in [1.807, 2.05) is 0 Å². The Balaban J connectivity index is -0.000000107. The Bertz CT molecular complexity index is 132. The maximum Gasteiger partial charge on any atom is 1.00 e. The molecular weight excluding hydrogens is 206 g/mol. The molecule has 5 nitrogen and oxygen atoms in total. The van der Waals surface area contributed by atoms with Crippen molar-refractivity contribution in [3.05, 3.63) is 0 Å². The summed E-state index contributed by atoms with van der Waals surface area (Å²) in [5, 5.41) is 0. The normalized spacial score (nSPS) is 10.7. The first kappa shape index (κ1) is 17.7. The monoisotopic (exact) mass is 208 g/mol. The largest absolute Gasteiger partial charge is 1.00 e. The summed E-state index contributed by atoms with van der Waals surface area (Å²) in [6.45, 7) is 0. The van der Waals surface area contributed by atoms with Crippen LogP contribution in [0.1, 0.15) is 0 Å². The van der Waals surface area contributed by atoms with Crippen LogP contribution in [0, 0.1) is 0 Å². The summed E-state index contributed by atoms with van der Waals surface area (Å²) in [6.07, 6.45) is 0. The minimum Gasteiger partial charge on any atom is -0.749 e. The minimum absolute atomic E-state index is 0. The molecule has 0 amide bonds. The van der Waals surface area contributed by atoms with Crippen molar-refractivity contribution in [2.24, 2.45) is 0 Å². The van der Waals surface area contributed by atoms with Crippen molar-refractivity contribution in [2.75, 3.05) is 0 Å². The molecule has 0 radical (unpaired) electrons. The van der Waals surface area contributed by atoms with Gasteiger partial charge in [-0.1, -0.05) is 0 Å². The van der Waals surface area contributed by atoms with Crippen molar-refractivity contribution < 1.29 is 55.3 Å². The summed E-state index contributed by atoms with van der Waals surface area (Å²) in [5.74, 6) is 0. The fourth-order valence-electron chi connectivity index (χ4n) is 0. The zero-order valence-corrected chi connectivity index (χ0v) is 6.94. The van der Waals surface area contributed by atoms with Crippen LogP contribution in [-0.2, 0) is 9.13 Å². The first-order valence-corrected chi connectivity index (χ1v) is 4.36. The number of rotatable bonds is 0. The Morgan fingerprint density at radius 2 is 1.09 bits per heavy atom. The average molecular weight is 208 g/mol. The van der Waals surface area contributed by atoms with Gasteiger partial charge in [0.05, 0.1) is 0 Å². The molecule has 0 saturated carbocycles. The van der Waals surface area contributed by atoms with Gasteiger partial charge >= 0.3 is 34.8 Å². The van der Waals surface area contributed by atoms with Crippen LogP contribution in [0.5, 0.6) is 0 Å². The van der Waals surface area contributed by atoms with Gasteiger partial charge in [-0.25, -0.2) is 4.57 Å². The molecule has 0 aliphatic rings. The predicted molar refractivity (Wildman–Crippen MR) is 23.0 cm³/mol. The van der Waals surface area contributed by atoms with Crippen molar-refractivity contribution >= 4 is 15.9 Å². The van der Waals surface area contributed by atoms with Crippen LogP contribution in [0.4, 0.5) is 12.6 Å². The van der Waals surface area contributed by atoms with Crippen LogP contribution in [0.15, 0.2) is 0 Å². The first-order chi connectivity index (χ1) is 4.00. The van der Waals surface area contributed by atoms with E-state index in [0.29, 0.717) is 0 Å². The van der Waals surface area contributed by atoms with Gasteiger partial charge in [0.1, 0.15) is 0 Å². The quantitative estimate of drug-likeness (QED) is 0.337. The van der Waals surface area contributed by atoms with Crippen LogP contribution >= 0.6 is 15.9 Å². The van der Waals surface area contributed by atoms with E-state index in [4.69, 9.17) is 23.8 Å². The summed E-state index contributed by atoms with van der Waals surface area (Å²) in [4.78, 5) is 22.3. The molecule has 11 heteroatoms. The van der Waals surface area contributed by atoms with Gasteiger partial charge in [-0.2, -0.15) is 8.39 Å². The van der Waals surface area contributed by atoms with E-state index in [9.17, 15) is 12.6 Å². The molecule has 0 aliphatic carbocycles. The summed E-state index contributed by atoms with van der Waals surface area (Å²) in [5.41, 5.74) is 0. The van der Waals surface area contributed by atoms with Gasteiger partial charge in [0.2, 0.25) is 0 Å². The second-order valence-electron chi connectivity index (χ2n) is 0.887. The van der Waals surface area contributed by atoms with E-state index in [0.717, 1.165) is 0 Å². The predicted octanol–water partition coefficient (Wildman–Crippen LogP) is -2.55. The molecule has 0 heterocycles. The standard InChI is InChI=1S/F2HO2P.FH2O3P.Li/c2*1-5(2,3)4;/h(H,3,4);(H2,2,3,4);/q;;+1/p-1. The van der Waals surface area contributed by atoms with E-state index in [1.165, 1.54) is 0 Å². The Kier molecular flexibility index (Phi) is 10.1. The zero-order valence-electron chi connectivity index (χ0n) is 5.15. The van der Waals surface area contributed by atoms with Gasteiger partial charge < -0.3 is 4.89 Å². The van der Waals surface area contributed by atoms with Gasteiger partial charge in [-0.05, 0) is 0 Å². The van der Waals surface area contributed by atoms with Gasteiger partial charge in [0.15, 0.2) is 0 Å². The van der Waals surface area contributed by atoms with Crippen molar-refractivity contribution in [3.8, 4) is 0 Å². The molecule has 0 atom stereocenters. The van der Waals surface area contributed by atoms with Crippen LogP contribution in [0.2, 0.25) is 0 Å². The molecular formula is H2F3LiO5P2. The molecule has 0 rings (SSSR count). The van der Waals surface area contributed by atoms with Crippen molar-refractivity contribution in [2.45, 2.75) is 0 Å². The van der Waals surface area contributed by atoms with E-state index in [-0.39, 0.29) is 18.9 Å². The zero-order chi connectivity index (χ0) is 9.00. The summed E-state index contributed by atoms with van der Waals surface area (Å²) in [6, 6.07) is 0. The van der Waals surface area contributed by atoms with Crippen LogP contribution < -0.4 is 23.8 Å². The van der Waals surface area contributed by atoms with Crippen LogP contribution in [0.25, 0.3) is 0 Å². The molecule has 11 heavy (non-hydrogen) atoms. The number of hydrogen-bond donors (Lipinski definition) is 2. The van der Waals surface area contributed by atoms with Gasteiger partial charge in [-0.3, -0.25) is 14.4 Å².